The van der Waals surface area contributed by atoms with Crippen molar-refractivity contribution >= 4 is 27.6 Å². The molecule has 0 saturated heterocycles. The minimum Gasteiger partial charge on any atom is -0.449 e. The van der Waals surface area contributed by atoms with Crippen LogP contribution in [0, 0.1) is 6.92 Å². The van der Waals surface area contributed by atoms with Crippen LogP contribution in [0.5, 0.6) is 0 Å². The molecule has 2 aromatic rings. The summed E-state index contributed by atoms with van der Waals surface area (Å²) < 4.78 is 32.1. The van der Waals surface area contributed by atoms with E-state index in [9.17, 15) is 18.0 Å². The molecule has 0 saturated carbocycles. The Morgan fingerprint density at radius 2 is 1.79 bits per heavy atom. The first-order chi connectivity index (χ1) is 13.2. The molecule has 0 heterocycles. The van der Waals surface area contributed by atoms with Gasteiger partial charge in [-0.2, -0.15) is 0 Å². The van der Waals surface area contributed by atoms with E-state index < -0.39 is 28.0 Å². The summed E-state index contributed by atoms with van der Waals surface area (Å²) in [5.41, 5.74) is 1.57. The van der Waals surface area contributed by atoms with Crippen molar-refractivity contribution in [3.8, 4) is 0 Å². The molecular formula is C20H24N2O5S. The van der Waals surface area contributed by atoms with Gasteiger partial charge in [-0.25, -0.2) is 13.2 Å². The number of likely N-dealkylation sites (N-methyl/N-ethyl adjacent to an activating group) is 1. The first-order valence-electron chi connectivity index (χ1n) is 8.81. The largest absolute Gasteiger partial charge is 0.449 e. The molecule has 0 aliphatic rings. The second-order valence-corrected chi connectivity index (χ2v) is 8.25. The number of aryl methyl sites for hydroxylation is 1. The molecular weight excluding hydrogens is 380 g/mol. The number of hydrogen-bond donors (Lipinski definition) is 1. The quantitative estimate of drug-likeness (QED) is 0.716. The maximum atomic E-state index is 12.9. The molecule has 0 spiro atoms. The first-order valence-corrected chi connectivity index (χ1v) is 10.2. The van der Waals surface area contributed by atoms with Gasteiger partial charge in [-0.3, -0.25) is 9.10 Å². The third kappa shape index (κ3) is 4.89. The van der Waals surface area contributed by atoms with Gasteiger partial charge in [0.15, 0.2) is 6.10 Å². The number of carbonyl (C=O) groups excluding carboxylic acids is 2. The molecule has 2 aromatic carbocycles. The lowest BCUT2D eigenvalue weighted by Gasteiger charge is -2.20. The van der Waals surface area contributed by atoms with Crippen LogP contribution in [-0.2, 0) is 19.6 Å². The zero-order valence-electron chi connectivity index (χ0n) is 16.3. The Balaban J connectivity index is 2.24. The Hall–Kier alpha value is -2.87. The lowest BCUT2D eigenvalue weighted by molar-refractivity contribution is -0.128. The number of rotatable bonds is 7. The minimum absolute atomic E-state index is 0.0457. The van der Waals surface area contributed by atoms with Gasteiger partial charge in [-0.1, -0.05) is 23.8 Å². The highest BCUT2D eigenvalue weighted by atomic mass is 32.2. The zero-order chi connectivity index (χ0) is 20.9. The highest BCUT2D eigenvalue weighted by molar-refractivity contribution is 7.92. The van der Waals surface area contributed by atoms with Crippen molar-refractivity contribution in [1.29, 1.82) is 0 Å². The number of amides is 1. The lowest BCUT2D eigenvalue weighted by Crippen LogP contribution is -2.35. The Bertz CT molecular complexity index is 955. The average Bonchev–Trinajstić information content (AvgIpc) is 2.68. The van der Waals surface area contributed by atoms with E-state index in [4.69, 9.17) is 4.74 Å². The van der Waals surface area contributed by atoms with Crippen LogP contribution in [-0.4, -0.2) is 40.0 Å². The number of sulfonamides is 1. The Kier molecular flexibility index (Phi) is 6.80. The zero-order valence-corrected chi connectivity index (χ0v) is 17.1. The maximum Gasteiger partial charge on any atom is 0.338 e. The van der Waals surface area contributed by atoms with E-state index in [2.05, 4.69) is 5.32 Å². The highest BCUT2D eigenvalue weighted by Crippen LogP contribution is 2.23. The maximum absolute atomic E-state index is 12.9. The number of benzene rings is 2. The van der Waals surface area contributed by atoms with Gasteiger partial charge >= 0.3 is 5.97 Å². The molecule has 150 valence electrons. The van der Waals surface area contributed by atoms with E-state index in [-0.39, 0.29) is 10.5 Å². The molecule has 0 aromatic heterocycles. The molecule has 1 atom stereocenters. The molecule has 28 heavy (non-hydrogen) atoms. The monoisotopic (exact) mass is 404 g/mol. The van der Waals surface area contributed by atoms with Gasteiger partial charge in [0, 0.05) is 13.6 Å². The van der Waals surface area contributed by atoms with Crippen molar-refractivity contribution in [3.63, 3.8) is 0 Å². The van der Waals surface area contributed by atoms with Gasteiger partial charge in [0.25, 0.3) is 15.9 Å². The molecule has 1 N–H and O–H groups in total. The predicted octanol–water partition coefficient (Wildman–Crippen LogP) is 2.50. The minimum atomic E-state index is -3.87. The van der Waals surface area contributed by atoms with Crippen LogP contribution in [0.15, 0.2) is 53.4 Å². The smallest absolute Gasteiger partial charge is 0.338 e. The fourth-order valence-electron chi connectivity index (χ4n) is 2.44. The number of carbonyl (C=O) groups is 2. The summed E-state index contributed by atoms with van der Waals surface area (Å²) in [5, 5.41) is 2.56. The van der Waals surface area contributed by atoms with Crippen molar-refractivity contribution in [2.75, 3.05) is 17.9 Å². The van der Waals surface area contributed by atoms with E-state index in [1.165, 1.54) is 38.2 Å². The van der Waals surface area contributed by atoms with E-state index in [0.717, 1.165) is 9.87 Å². The van der Waals surface area contributed by atoms with Crippen molar-refractivity contribution in [2.24, 2.45) is 0 Å². The number of nitrogens with one attached hydrogen (secondary N) is 1. The van der Waals surface area contributed by atoms with Crippen LogP contribution in [0.25, 0.3) is 0 Å². The van der Waals surface area contributed by atoms with Crippen LogP contribution in [0.3, 0.4) is 0 Å². The molecule has 7 nitrogen and oxygen atoms in total. The Morgan fingerprint density at radius 3 is 2.39 bits per heavy atom. The van der Waals surface area contributed by atoms with Crippen molar-refractivity contribution < 1.29 is 22.7 Å². The average molecular weight is 404 g/mol. The lowest BCUT2D eigenvalue weighted by atomic mass is 10.2. The third-order valence-electron chi connectivity index (χ3n) is 4.13. The number of ether oxygens (including phenoxy) is 1. The summed E-state index contributed by atoms with van der Waals surface area (Å²) in [5.74, 6) is -1.19. The highest BCUT2D eigenvalue weighted by Gasteiger charge is 2.24. The first kappa shape index (κ1) is 21.4. The Morgan fingerprint density at radius 1 is 1.14 bits per heavy atom. The summed E-state index contributed by atoms with van der Waals surface area (Å²) in [6.07, 6.45) is -0.983. The van der Waals surface area contributed by atoms with Crippen LogP contribution in [0.2, 0.25) is 0 Å². The van der Waals surface area contributed by atoms with Gasteiger partial charge in [0.1, 0.15) is 0 Å². The summed E-state index contributed by atoms with van der Waals surface area (Å²) >= 11 is 0. The molecule has 0 aliphatic carbocycles. The van der Waals surface area contributed by atoms with Gasteiger partial charge in [-0.05, 0) is 51.1 Å². The van der Waals surface area contributed by atoms with Crippen molar-refractivity contribution in [2.45, 2.75) is 31.8 Å². The fourth-order valence-corrected chi connectivity index (χ4v) is 3.68. The normalized spacial score (nSPS) is 12.1. The number of anilines is 1. The van der Waals surface area contributed by atoms with Crippen molar-refractivity contribution in [1.82, 2.24) is 5.32 Å². The summed E-state index contributed by atoms with van der Waals surface area (Å²) in [6, 6.07) is 12.6. The van der Waals surface area contributed by atoms with Gasteiger partial charge in [0.05, 0.1) is 16.1 Å². The van der Waals surface area contributed by atoms with Gasteiger partial charge < -0.3 is 10.1 Å². The standard InChI is InChI=1S/C20H24N2O5S/c1-5-21-19(23)15(3)27-20(24)16-7-6-8-18(13-16)28(25,26)22(4)17-11-9-14(2)10-12-17/h6-13,15H,5H2,1-4H3,(H,21,23)/t15-/m0/s1. The fraction of sp³-hybridized carbons (Fsp3) is 0.300. The molecule has 8 heteroatoms. The van der Waals surface area contributed by atoms with E-state index >= 15 is 0 Å². The molecule has 1 amide bonds. The second-order valence-electron chi connectivity index (χ2n) is 6.28. The van der Waals surface area contributed by atoms with E-state index in [1.807, 2.05) is 19.1 Å². The number of esters is 1. The molecule has 0 aliphatic heterocycles. The van der Waals surface area contributed by atoms with Crippen LogP contribution in [0.1, 0.15) is 29.8 Å². The van der Waals surface area contributed by atoms with Crippen LogP contribution < -0.4 is 9.62 Å². The Labute approximate surface area is 165 Å². The summed E-state index contributed by atoms with van der Waals surface area (Å²) in [4.78, 5) is 24.0. The SMILES string of the molecule is CCNC(=O)[C@H](C)OC(=O)c1cccc(S(=O)(=O)N(C)c2ccc(C)cc2)c1. The molecule has 0 unspecified atom stereocenters. The van der Waals surface area contributed by atoms with Crippen molar-refractivity contribution in [3.05, 3.63) is 59.7 Å². The summed E-state index contributed by atoms with van der Waals surface area (Å²) in [7, 11) is -2.42. The van der Waals surface area contributed by atoms with E-state index in [0.29, 0.717) is 12.2 Å². The van der Waals surface area contributed by atoms with Gasteiger partial charge in [0.2, 0.25) is 0 Å². The topological polar surface area (TPSA) is 92.8 Å². The third-order valence-corrected chi connectivity index (χ3v) is 5.91. The number of hydrogen-bond acceptors (Lipinski definition) is 5. The molecule has 2 rings (SSSR count). The predicted molar refractivity (Wildman–Crippen MR) is 107 cm³/mol. The molecule has 0 fully saturated rings. The second kappa shape index (κ2) is 8.88. The molecule has 0 radical (unpaired) electrons. The molecule has 0 bridgehead atoms. The summed E-state index contributed by atoms with van der Waals surface area (Å²) in [6.45, 7) is 5.54. The van der Waals surface area contributed by atoms with E-state index in [1.54, 1.807) is 19.1 Å². The van der Waals surface area contributed by atoms with Crippen LogP contribution in [0.4, 0.5) is 5.69 Å². The van der Waals surface area contributed by atoms with Crippen LogP contribution >= 0.6 is 0 Å². The number of nitrogens with zero attached hydrogens (tertiary/aromatic N) is 1. The van der Waals surface area contributed by atoms with Gasteiger partial charge in [-0.15, -0.1) is 0 Å².